The third-order valence-electron chi connectivity index (χ3n) is 7.09. The van der Waals surface area contributed by atoms with Gasteiger partial charge < -0.3 is 10.2 Å². The third-order valence-corrected chi connectivity index (χ3v) is 8.98. The molecule has 1 fully saturated rings. The normalized spacial score (nSPS) is 18.3. The lowest BCUT2D eigenvalue weighted by atomic mass is 9.97. The van der Waals surface area contributed by atoms with Crippen LogP contribution in [0.2, 0.25) is 0 Å². The van der Waals surface area contributed by atoms with Crippen LogP contribution >= 0.6 is 0 Å². The van der Waals surface area contributed by atoms with Gasteiger partial charge in [-0.3, -0.25) is 4.79 Å². The van der Waals surface area contributed by atoms with Gasteiger partial charge in [-0.05, 0) is 81.4 Å². The molecule has 4 rings (SSSR count). The Morgan fingerprint density at radius 3 is 2.45 bits per heavy atom. The van der Waals surface area contributed by atoms with Crippen molar-refractivity contribution in [3.05, 3.63) is 65.2 Å². The van der Waals surface area contributed by atoms with Gasteiger partial charge in [-0.25, -0.2) is 8.42 Å². The maximum absolute atomic E-state index is 13.1. The second-order valence-corrected chi connectivity index (χ2v) is 11.5. The maximum atomic E-state index is 13.1. The van der Waals surface area contributed by atoms with Gasteiger partial charge >= 0.3 is 0 Å². The lowest BCUT2D eigenvalue weighted by molar-refractivity contribution is -0.126. The monoisotopic (exact) mass is 469 g/mol. The predicted molar refractivity (Wildman–Crippen MR) is 131 cm³/mol. The highest BCUT2D eigenvalue weighted by Gasteiger charge is 2.32. The molecule has 1 heterocycles. The number of piperidine rings is 1. The molecule has 1 atom stereocenters. The molecule has 2 aliphatic rings. The van der Waals surface area contributed by atoms with E-state index in [4.69, 9.17) is 0 Å². The van der Waals surface area contributed by atoms with E-state index in [-0.39, 0.29) is 17.9 Å². The number of fused-ring (bicyclic) bond motifs is 1. The highest BCUT2D eigenvalue weighted by Crippen LogP contribution is 2.28. The number of likely N-dealkylation sites (N-methyl/N-ethyl adjacent to an activating group) is 1. The molecule has 6 nitrogen and oxygen atoms in total. The number of hydrogen-bond donors (Lipinski definition) is 1. The molecule has 1 N–H and O–H groups in total. The highest BCUT2D eigenvalue weighted by molar-refractivity contribution is 7.89. The first-order chi connectivity index (χ1) is 15.8. The summed E-state index contributed by atoms with van der Waals surface area (Å²) < 4.78 is 27.8. The van der Waals surface area contributed by atoms with E-state index < -0.39 is 10.0 Å². The van der Waals surface area contributed by atoms with E-state index in [0.717, 1.165) is 31.2 Å². The van der Waals surface area contributed by atoms with E-state index in [1.165, 1.54) is 11.1 Å². The Labute approximate surface area is 198 Å². The number of carbonyl (C=O) groups excluding carboxylic acids is 1. The van der Waals surface area contributed by atoms with Crippen molar-refractivity contribution in [3.8, 4) is 0 Å². The largest absolute Gasteiger partial charge is 0.354 e. The number of aryl methyl sites for hydroxylation is 2. The van der Waals surface area contributed by atoms with Crippen molar-refractivity contribution in [1.29, 1.82) is 0 Å². The van der Waals surface area contributed by atoms with Gasteiger partial charge in [-0.15, -0.1) is 0 Å². The topological polar surface area (TPSA) is 69.7 Å². The minimum absolute atomic E-state index is 0.0319. The molecule has 1 saturated heterocycles. The van der Waals surface area contributed by atoms with Gasteiger partial charge in [0.15, 0.2) is 0 Å². The molecular weight excluding hydrogens is 434 g/mol. The van der Waals surface area contributed by atoms with Crippen LogP contribution in [0.4, 0.5) is 0 Å². The summed E-state index contributed by atoms with van der Waals surface area (Å²) >= 11 is 0. The van der Waals surface area contributed by atoms with Crippen molar-refractivity contribution >= 4 is 15.9 Å². The van der Waals surface area contributed by atoms with Crippen LogP contribution in [-0.2, 0) is 34.1 Å². The minimum Gasteiger partial charge on any atom is -0.354 e. The Balaban J connectivity index is 1.30. The van der Waals surface area contributed by atoms with Crippen molar-refractivity contribution in [1.82, 2.24) is 14.5 Å². The molecule has 0 saturated carbocycles. The number of sulfonamides is 1. The summed E-state index contributed by atoms with van der Waals surface area (Å²) in [5.41, 5.74) is 3.68. The SMILES string of the molecule is CN(C)C(CNC(=O)C1CCN(S(=O)(=O)c2ccc3c(c2)CCC3)CC1)Cc1ccccc1. The van der Waals surface area contributed by atoms with Crippen molar-refractivity contribution < 1.29 is 13.2 Å². The minimum atomic E-state index is -3.51. The molecular formula is C26H35N3O3S. The van der Waals surface area contributed by atoms with Gasteiger partial charge in [-0.2, -0.15) is 4.31 Å². The number of hydrogen-bond acceptors (Lipinski definition) is 4. The van der Waals surface area contributed by atoms with Crippen molar-refractivity contribution in [2.75, 3.05) is 33.7 Å². The van der Waals surface area contributed by atoms with Gasteiger partial charge in [0.2, 0.25) is 15.9 Å². The smallest absolute Gasteiger partial charge is 0.243 e. The predicted octanol–water partition coefficient (Wildman–Crippen LogP) is 2.87. The number of nitrogens with one attached hydrogen (secondary N) is 1. The van der Waals surface area contributed by atoms with Gasteiger partial charge in [0, 0.05) is 31.6 Å². The van der Waals surface area contributed by atoms with Crippen LogP contribution in [0.1, 0.15) is 36.0 Å². The van der Waals surface area contributed by atoms with Crippen LogP contribution in [0.25, 0.3) is 0 Å². The molecule has 0 aromatic heterocycles. The molecule has 0 radical (unpaired) electrons. The van der Waals surface area contributed by atoms with Gasteiger partial charge in [0.25, 0.3) is 0 Å². The van der Waals surface area contributed by atoms with E-state index in [2.05, 4.69) is 22.3 Å². The van der Waals surface area contributed by atoms with Gasteiger partial charge in [0.05, 0.1) is 4.90 Å². The summed E-state index contributed by atoms with van der Waals surface area (Å²) in [4.78, 5) is 15.4. The van der Waals surface area contributed by atoms with E-state index in [1.807, 2.05) is 44.4 Å². The fourth-order valence-electron chi connectivity index (χ4n) is 4.90. The molecule has 1 unspecified atom stereocenters. The van der Waals surface area contributed by atoms with Crippen molar-refractivity contribution in [2.24, 2.45) is 5.92 Å². The molecule has 178 valence electrons. The number of nitrogens with zero attached hydrogens (tertiary/aromatic N) is 2. The summed E-state index contributed by atoms with van der Waals surface area (Å²) in [6, 6.07) is 16.0. The number of carbonyl (C=O) groups is 1. The molecule has 0 bridgehead atoms. The summed E-state index contributed by atoms with van der Waals surface area (Å²) in [6.07, 6.45) is 5.07. The van der Waals surface area contributed by atoms with E-state index >= 15 is 0 Å². The first kappa shape index (κ1) is 23.9. The maximum Gasteiger partial charge on any atom is 0.243 e. The van der Waals surface area contributed by atoms with Crippen molar-refractivity contribution in [3.63, 3.8) is 0 Å². The molecule has 2 aromatic rings. The average molecular weight is 470 g/mol. The number of amides is 1. The van der Waals surface area contributed by atoms with E-state index in [9.17, 15) is 13.2 Å². The Morgan fingerprint density at radius 2 is 1.76 bits per heavy atom. The van der Waals surface area contributed by atoms with Crippen molar-refractivity contribution in [2.45, 2.75) is 49.5 Å². The highest BCUT2D eigenvalue weighted by atomic mass is 32.2. The van der Waals surface area contributed by atoms with Crippen LogP contribution in [0.3, 0.4) is 0 Å². The summed E-state index contributed by atoms with van der Waals surface area (Å²) in [5.74, 6) is -0.111. The van der Waals surface area contributed by atoms with Gasteiger partial charge in [-0.1, -0.05) is 36.4 Å². The average Bonchev–Trinajstić information content (AvgIpc) is 3.30. The molecule has 1 aliphatic heterocycles. The lowest BCUT2D eigenvalue weighted by Crippen LogP contribution is -2.46. The van der Waals surface area contributed by atoms with Gasteiger partial charge in [0.1, 0.15) is 0 Å². The first-order valence-corrected chi connectivity index (χ1v) is 13.4. The quantitative estimate of drug-likeness (QED) is 0.646. The first-order valence-electron chi connectivity index (χ1n) is 11.9. The second-order valence-electron chi connectivity index (χ2n) is 9.51. The Morgan fingerprint density at radius 1 is 1.06 bits per heavy atom. The fraction of sp³-hybridized carbons (Fsp3) is 0.500. The molecule has 1 amide bonds. The summed E-state index contributed by atoms with van der Waals surface area (Å²) in [6.45, 7) is 1.35. The molecule has 1 aliphatic carbocycles. The van der Waals surface area contributed by atoms with Crippen LogP contribution in [0.5, 0.6) is 0 Å². The Hall–Kier alpha value is -2.22. The molecule has 0 spiro atoms. The zero-order valence-electron chi connectivity index (χ0n) is 19.7. The zero-order valence-corrected chi connectivity index (χ0v) is 20.5. The Bertz CT molecular complexity index is 1060. The van der Waals surface area contributed by atoms with E-state index in [1.54, 1.807) is 10.4 Å². The molecule has 33 heavy (non-hydrogen) atoms. The fourth-order valence-corrected chi connectivity index (χ4v) is 6.42. The molecule has 7 heteroatoms. The lowest BCUT2D eigenvalue weighted by Gasteiger charge is -2.31. The Kier molecular flexibility index (Phi) is 7.51. The van der Waals surface area contributed by atoms with Crippen LogP contribution < -0.4 is 5.32 Å². The van der Waals surface area contributed by atoms with E-state index in [0.29, 0.717) is 37.4 Å². The summed E-state index contributed by atoms with van der Waals surface area (Å²) in [7, 11) is 0.550. The standard InChI is InChI=1S/C26H35N3O3S/c1-28(2)24(17-20-7-4-3-5-8-20)19-27-26(30)22-13-15-29(16-14-22)33(31,32)25-12-11-21-9-6-10-23(21)18-25/h3-5,7-8,11-12,18,22,24H,6,9-10,13-17,19H2,1-2H3,(H,27,30). The summed E-state index contributed by atoms with van der Waals surface area (Å²) in [5, 5.41) is 3.12. The van der Waals surface area contributed by atoms with Crippen LogP contribution in [0, 0.1) is 5.92 Å². The third kappa shape index (κ3) is 5.65. The van der Waals surface area contributed by atoms with Crippen LogP contribution in [0.15, 0.2) is 53.4 Å². The second kappa shape index (κ2) is 10.4. The van der Waals surface area contributed by atoms with Crippen LogP contribution in [-0.4, -0.2) is 63.3 Å². The zero-order chi connectivity index (χ0) is 23.4. The number of rotatable bonds is 8. The number of benzene rings is 2. The molecule has 2 aromatic carbocycles.